The number of hydrogen-bond acceptors (Lipinski definition) is 5. The van der Waals surface area contributed by atoms with Crippen molar-refractivity contribution in [3.63, 3.8) is 0 Å². The minimum Gasteiger partial charge on any atom is -0.468 e. The number of amides is 1. The van der Waals surface area contributed by atoms with Crippen molar-refractivity contribution in [1.82, 2.24) is 14.7 Å². The molecule has 1 amide bonds. The summed E-state index contributed by atoms with van der Waals surface area (Å²) in [6.45, 7) is 5.18. The Morgan fingerprint density at radius 1 is 1.26 bits per heavy atom. The summed E-state index contributed by atoms with van der Waals surface area (Å²) in [5.74, 6) is -0.298. The van der Waals surface area contributed by atoms with Gasteiger partial charge in [-0.25, -0.2) is 4.68 Å². The van der Waals surface area contributed by atoms with Crippen molar-refractivity contribution < 1.29 is 14.3 Å². The van der Waals surface area contributed by atoms with Gasteiger partial charge in [0.2, 0.25) is 5.91 Å². The first-order chi connectivity index (χ1) is 13.0. The second-order valence-corrected chi connectivity index (χ2v) is 6.81. The van der Waals surface area contributed by atoms with Gasteiger partial charge in [0.25, 0.3) is 0 Å². The highest BCUT2D eigenvalue weighted by Gasteiger charge is 2.31. The number of aromatic nitrogens is 2. The second kappa shape index (κ2) is 8.35. The summed E-state index contributed by atoms with van der Waals surface area (Å²) in [4.78, 5) is 26.3. The largest absolute Gasteiger partial charge is 0.468 e. The lowest BCUT2D eigenvalue weighted by Crippen LogP contribution is -2.38. The van der Waals surface area contributed by atoms with Gasteiger partial charge in [0, 0.05) is 13.0 Å². The van der Waals surface area contributed by atoms with Crippen LogP contribution >= 0.6 is 0 Å². The first kappa shape index (κ1) is 19.1. The SMILES string of the molecule is COC(=O)C1CCCN1CCC(=O)Nc1c(C)nn(-c2ccccc2)c1C. The van der Waals surface area contributed by atoms with Crippen LogP contribution in [0.25, 0.3) is 5.69 Å². The smallest absolute Gasteiger partial charge is 0.323 e. The zero-order valence-corrected chi connectivity index (χ0v) is 16.1. The Hall–Kier alpha value is -2.67. The molecule has 1 atom stereocenters. The Balaban J connectivity index is 1.63. The highest BCUT2D eigenvalue weighted by molar-refractivity contribution is 5.92. The molecule has 0 aliphatic carbocycles. The fraction of sp³-hybridized carbons (Fsp3) is 0.450. The van der Waals surface area contributed by atoms with Crippen LogP contribution in [0.3, 0.4) is 0 Å². The molecule has 1 N–H and O–H groups in total. The maximum absolute atomic E-state index is 12.5. The number of carbonyl (C=O) groups is 2. The number of nitrogens with one attached hydrogen (secondary N) is 1. The molecule has 1 saturated heterocycles. The van der Waals surface area contributed by atoms with E-state index in [-0.39, 0.29) is 17.9 Å². The fourth-order valence-electron chi connectivity index (χ4n) is 3.59. The number of carbonyl (C=O) groups excluding carboxylic acids is 2. The molecule has 27 heavy (non-hydrogen) atoms. The van der Waals surface area contributed by atoms with E-state index < -0.39 is 0 Å². The number of ether oxygens (including phenoxy) is 1. The van der Waals surface area contributed by atoms with Crippen LogP contribution in [0.2, 0.25) is 0 Å². The van der Waals surface area contributed by atoms with Gasteiger partial charge in [-0.1, -0.05) is 18.2 Å². The van der Waals surface area contributed by atoms with Crippen molar-refractivity contribution in [2.45, 2.75) is 39.2 Å². The predicted molar refractivity (Wildman–Crippen MR) is 103 cm³/mol. The van der Waals surface area contributed by atoms with Gasteiger partial charge in [-0.05, 0) is 45.4 Å². The number of esters is 1. The van der Waals surface area contributed by atoms with E-state index >= 15 is 0 Å². The summed E-state index contributed by atoms with van der Waals surface area (Å²) >= 11 is 0. The summed E-state index contributed by atoms with van der Waals surface area (Å²) < 4.78 is 6.68. The molecule has 0 bridgehead atoms. The van der Waals surface area contributed by atoms with Crippen molar-refractivity contribution in [1.29, 1.82) is 0 Å². The monoisotopic (exact) mass is 370 g/mol. The molecule has 144 valence electrons. The molecular formula is C20H26N4O3. The van der Waals surface area contributed by atoms with Gasteiger partial charge < -0.3 is 10.1 Å². The van der Waals surface area contributed by atoms with Crippen LogP contribution in [0, 0.1) is 13.8 Å². The van der Waals surface area contributed by atoms with Gasteiger partial charge in [0.05, 0.1) is 29.9 Å². The van der Waals surface area contributed by atoms with Gasteiger partial charge in [-0.3, -0.25) is 14.5 Å². The quantitative estimate of drug-likeness (QED) is 0.791. The number of hydrogen-bond donors (Lipinski definition) is 1. The van der Waals surface area contributed by atoms with Crippen LogP contribution in [-0.2, 0) is 14.3 Å². The molecule has 7 heteroatoms. The van der Waals surface area contributed by atoms with E-state index in [1.165, 1.54) is 7.11 Å². The third kappa shape index (κ3) is 4.19. The Bertz CT molecular complexity index is 816. The summed E-state index contributed by atoms with van der Waals surface area (Å²) in [6.07, 6.45) is 2.06. The molecule has 0 spiro atoms. The lowest BCUT2D eigenvalue weighted by Gasteiger charge is -2.21. The van der Waals surface area contributed by atoms with Gasteiger partial charge in [0.1, 0.15) is 6.04 Å². The van der Waals surface area contributed by atoms with Gasteiger partial charge in [-0.2, -0.15) is 5.10 Å². The predicted octanol–water partition coefficient (Wildman–Crippen LogP) is 2.46. The van der Waals surface area contributed by atoms with E-state index in [2.05, 4.69) is 10.4 Å². The molecule has 2 heterocycles. The number of benzene rings is 1. The number of rotatable bonds is 6. The summed E-state index contributed by atoms with van der Waals surface area (Å²) in [7, 11) is 1.40. The lowest BCUT2D eigenvalue weighted by atomic mass is 10.2. The van der Waals surface area contributed by atoms with Crippen molar-refractivity contribution in [2.24, 2.45) is 0 Å². The Morgan fingerprint density at radius 2 is 2.00 bits per heavy atom. The second-order valence-electron chi connectivity index (χ2n) is 6.81. The fourth-order valence-corrected chi connectivity index (χ4v) is 3.59. The first-order valence-corrected chi connectivity index (χ1v) is 9.24. The molecule has 1 aromatic carbocycles. The number of nitrogens with zero attached hydrogens (tertiary/aromatic N) is 3. The average Bonchev–Trinajstić information content (AvgIpc) is 3.26. The topological polar surface area (TPSA) is 76.5 Å². The number of likely N-dealkylation sites (tertiary alicyclic amines) is 1. The maximum Gasteiger partial charge on any atom is 0.323 e. The maximum atomic E-state index is 12.5. The van der Waals surface area contributed by atoms with Crippen LogP contribution < -0.4 is 5.32 Å². The first-order valence-electron chi connectivity index (χ1n) is 9.24. The van der Waals surface area contributed by atoms with Crippen LogP contribution in [0.5, 0.6) is 0 Å². The molecule has 1 aliphatic heterocycles. The summed E-state index contributed by atoms with van der Waals surface area (Å²) in [5.41, 5.74) is 3.37. The zero-order valence-electron chi connectivity index (χ0n) is 16.1. The number of methoxy groups -OCH3 is 1. The normalized spacial score (nSPS) is 17.1. The van der Waals surface area contributed by atoms with E-state index in [1.807, 2.05) is 53.8 Å². The molecule has 1 aliphatic rings. The highest BCUT2D eigenvalue weighted by atomic mass is 16.5. The zero-order chi connectivity index (χ0) is 19.4. The summed E-state index contributed by atoms with van der Waals surface area (Å²) in [6, 6.07) is 9.59. The van der Waals surface area contributed by atoms with Gasteiger partial charge >= 0.3 is 5.97 Å². The van der Waals surface area contributed by atoms with E-state index in [1.54, 1.807) is 0 Å². The van der Waals surface area contributed by atoms with Crippen LogP contribution in [-0.4, -0.2) is 52.8 Å². The van der Waals surface area contributed by atoms with Crippen molar-refractivity contribution in [3.05, 3.63) is 41.7 Å². The molecule has 3 rings (SSSR count). The molecule has 7 nitrogen and oxygen atoms in total. The molecule has 0 radical (unpaired) electrons. The Morgan fingerprint density at radius 3 is 2.70 bits per heavy atom. The van der Waals surface area contributed by atoms with Gasteiger partial charge in [0.15, 0.2) is 0 Å². The van der Waals surface area contributed by atoms with Crippen molar-refractivity contribution in [2.75, 3.05) is 25.5 Å². The molecule has 1 unspecified atom stereocenters. The van der Waals surface area contributed by atoms with Gasteiger partial charge in [-0.15, -0.1) is 0 Å². The standard InChI is InChI=1S/C20H26N4O3/c1-14-19(15(2)24(22-14)16-8-5-4-6-9-16)21-18(25)11-13-23-12-7-10-17(23)20(26)27-3/h4-6,8-9,17H,7,10-13H2,1-3H3,(H,21,25). The minimum atomic E-state index is -0.230. The number of aryl methyl sites for hydroxylation is 1. The van der Waals surface area contributed by atoms with E-state index in [0.29, 0.717) is 13.0 Å². The van der Waals surface area contributed by atoms with E-state index in [0.717, 1.165) is 42.1 Å². The third-order valence-electron chi connectivity index (χ3n) is 5.02. The number of anilines is 1. The van der Waals surface area contributed by atoms with Crippen molar-refractivity contribution in [3.8, 4) is 5.69 Å². The molecular weight excluding hydrogens is 344 g/mol. The van der Waals surface area contributed by atoms with Crippen LogP contribution in [0.4, 0.5) is 5.69 Å². The van der Waals surface area contributed by atoms with Crippen LogP contribution in [0.15, 0.2) is 30.3 Å². The Kier molecular flexibility index (Phi) is 5.91. The Labute approximate surface area is 159 Å². The lowest BCUT2D eigenvalue weighted by molar-refractivity contribution is -0.146. The molecule has 2 aromatic rings. The van der Waals surface area contributed by atoms with Crippen molar-refractivity contribution >= 4 is 17.6 Å². The average molecular weight is 370 g/mol. The van der Waals surface area contributed by atoms with Crippen LogP contribution in [0.1, 0.15) is 30.7 Å². The molecule has 1 aromatic heterocycles. The molecule has 1 fully saturated rings. The third-order valence-corrected chi connectivity index (χ3v) is 5.02. The summed E-state index contributed by atoms with van der Waals surface area (Å²) in [5, 5.41) is 7.53. The van der Waals surface area contributed by atoms with E-state index in [4.69, 9.17) is 4.74 Å². The number of para-hydroxylation sites is 1. The highest BCUT2D eigenvalue weighted by Crippen LogP contribution is 2.23. The van der Waals surface area contributed by atoms with E-state index in [9.17, 15) is 9.59 Å². The molecule has 0 saturated carbocycles. The minimum absolute atomic E-state index is 0.0793.